The molecule has 0 spiro atoms. The van der Waals surface area contributed by atoms with Crippen LogP contribution in [0, 0.1) is 0 Å². The number of carbonyl (C=O) groups excluding carboxylic acids is 1. The Morgan fingerprint density at radius 3 is 3.20 bits per heavy atom. The van der Waals surface area contributed by atoms with Crippen LogP contribution < -0.4 is 5.32 Å². The Morgan fingerprint density at radius 1 is 1.45 bits per heavy atom. The van der Waals surface area contributed by atoms with Crippen LogP contribution in [-0.4, -0.2) is 28.6 Å². The van der Waals surface area contributed by atoms with Crippen molar-refractivity contribution in [2.75, 3.05) is 13.2 Å². The monoisotopic (exact) mass is 271 g/mol. The Kier molecular flexibility index (Phi) is 3.78. The molecule has 0 fully saturated rings. The van der Waals surface area contributed by atoms with Gasteiger partial charge in [-0.15, -0.1) is 0 Å². The molecule has 0 saturated heterocycles. The van der Waals surface area contributed by atoms with Gasteiger partial charge >= 0.3 is 0 Å². The molecule has 2 aromatic rings. The number of aromatic nitrogens is 2. The predicted molar refractivity (Wildman–Crippen MR) is 74.1 cm³/mol. The summed E-state index contributed by atoms with van der Waals surface area (Å²) < 4.78 is 7.50. The molecule has 1 aromatic carbocycles. The second kappa shape index (κ2) is 5.88. The van der Waals surface area contributed by atoms with Gasteiger partial charge < -0.3 is 14.6 Å². The fourth-order valence-corrected chi connectivity index (χ4v) is 2.45. The van der Waals surface area contributed by atoms with E-state index in [-0.39, 0.29) is 18.6 Å². The van der Waals surface area contributed by atoms with E-state index in [4.69, 9.17) is 4.74 Å². The van der Waals surface area contributed by atoms with Gasteiger partial charge in [-0.05, 0) is 17.5 Å². The summed E-state index contributed by atoms with van der Waals surface area (Å²) in [6.07, 6.45) is 5.95. The maximum absolute atomic E-state index is 11.8. The lowest BCUT2D eigenvalue weighted by Gasteiger charge is -2.26. The third-order valence-corrected chi connectivity index (χ3v) is 3.46. The van der Waals surface area contributed by atoms with Crippen LogP contribution in [0.2, 0.25) is 0 Å². The third kappa shape index (κ3) is 2.88. The van der Waals surface area contributed by atoms with E-state index in [9.17, 15) is 4.79 Å². The van der Waals surface area contributed by atoms with Crippen molar-refractivity contribution in [2.45, 2.75) is 19.1 Å². The average molecular weight is 271 g/mol. The highest BCUT2D eigenvalue weighted by molar-refractivity contribution is 5.75. The van der Waals surface area contributed by atoms with Gasteiger partial charge in [0.25, 0.3) is 0 Å². The van der Waals surface area contributed by atoms with Crippen LogP contribution in [-0.2, 0) is 22.5 Å². The van der Waals surface area contributed by atoms with Crippen molar-refractivity contribution in [1.82, 2.24) is 14.9 Å². The summed E-state index contributed by atoms with van der Waals surface area (Å²) in [5, 5.41) is 2.92. The van der Waals surface area contributed by atoms with Crippen molar-refractivity contribution < 1.29 is 9.53 Å². The van der Waals surface area contributed by atoms with Gasteiger partial charge in [0.15, 0.2) is 0 Å². The number of amides is 1. The van der Waals surface area contributed by atoms with Gasteiger partial charge in [0.1, 0.15) is 12.6 Å². The highest BCUT2D eigenvalue weighted by atomic mass is 16.5. The summed E-state index contributed by atoms with van der Waals surface area (Å²) in [4.78, 5) is 15.8. The van der Waals surface area contributed by atoms with Crippen LogP contribution in [0.1, 0.15) is 17.2 Å². The molecule has 5 nitrogen and oxygen atoms in total. The van der Waals surface area contributed by atoms with Crippen LogP contribution in [0.5, 0.6) is 0 Å². The Morgan fingerprint density at radius 2 is 2.35 bits per heavy atom. The minimum atomic E-state index is -0.0494. The minimum absolute atomic E-state index is 0.0327. The first kappa shape index (κ1) is 12.9. The van der Waals surface area contributed by atoms with Crippen molar-refractivity contribution in [1.29, 1.82) is 0 Å². The number of benzene rings is 1. The molecular weight excluding hydrogens is 254 g/mol. The fourth-order valence-electron chi connectivity index (χ4n) is 2.45. The van der Waals surface area contributed by atoms with E-state index in [1.165, 1.54) is 11.1 Å². The Hall–Kier alpha value is -2.14. The molecule has 0 saturated carbocycles. The third-order valence-electron chi connectivity index (χ3n) is 3.46. The molecule has 0 aliphatic carbocycles. The number of hydrogen-bond acceptors (Lipinski definition) is 3. The van der Waals surface area contributed by atoms with Gasteiger partial charge in [-0.2, -0.15) is 0 Å². The van der Waals surface area contributed by atoms with Gasteiger partial charge in [0.05, 0.1) is 12.9 Å². The molecule has 2 heterocycles. The van der Waals surface area contributed by atoms with E-state index in [0.29, 0.717) is 13.2 Å². The molecule has 3 rings (SSSR count). The number of rotatable bonds is 4. The Balaban J connectivity index is 1.58. The normalized spacial score (nSPS) is 17.5. The lowest BCUT2D eigenvalue weighted by Crippen LogP contribution is -2.33. The maximum Gasteiger partial charge on any atom is 0.240 e. The fraction of sp³-hybridized carbons (Fsp3) is 0.333. The zero-order valence-corrected chi connectivity index (χ0v) is 11.2. The molecule has 0 bridgehead atoms. The highest BCUT2D eigenvalue weighted by Crippen LogP contribution is 2.26. The van der Waals surface area contributed by atoms with E-state index in [1.807, 2.05) is 12.1 Å². The number of ether oxygens (including phenoxy) is 1. The molecule has 1 N–H and O–H groups in total. The first-order valence-corrected chi connectivity index (χ1v) is 6.75. The van der Waals surface area contributed by atoms with E-state index < -0.39 is 0 Å². The average Bonchev–Trinajstić information content (AvgIpc) is 2.98. The second-order valence-corrected chi connectivity index (χ2v) is 4.85. The quantitative estimate of drug-likeness (QED) is 0.912. The zero-order valence-electron chi connectivity index (χ0n) is 11.2. The van der Waals surface area contributed by atoms with Crippen molar-refractivity contribution in [3.8, 4) is 0 Å². The number of imidazole rings is 1. The van der Waals surface area contributed by atoms with Gasteiger partial charge in [0.2, 0.25) is 5.91 Å². The summed E-state index contributed by atoms with van der Waals surface area (Å²) in [5.41, 5.74) is 2.49. The SMILES string of the molecule is O=C(Cn1ccnc1)NC[C@H]1OCCc2ccccc21. The molecule has 1 aliphatic rings. The first-order valence-electron chi connectivity index (χ1n) is 6.75. The molecule has 20 heavy (non-hydrogen) atoms. The van der Waals surface area contributed by atoms with Gasteiger partial charge in [0, 0.05) is 18.9 Å². The standard InChI is InChI=1S/C15H17N3O2/c19-15(10-18-7-6-16-11-18)17-9-14-13-4-2-1-3-12(13)5-8-20-14/h1-4,6-7,11,14H,5,8-10H2,(H,17,19)/t14-/m1/s1. The lowest BCUT2D eigenvalue weighted by atomic mass is 9.97. The van der Waals surface area contributed by atoms with Crippen LogP contribution in [0.25, 0.3) is 0 Å². The number of nitrogens with zero attached hydrogens (tertiary/aromatic N) is 2. The lowest BCUT2D eigenvalue weighted by molar-refractivity contribution is -0.122. The van der Waals surface area contributed by atoms with E-state index >= 15 is 0 Å². The number of nitrogens with one attached hydrogen (secondary N) is 1. The summed E-state index contributed by atoms with van der Waals surface area (Å²) in [5.74, 6) is -0.0327. The molecule has 5 heteroatoms. The number of carbonyl (C=O) groups is 1. The van der Waals surface area contributed by atoms with Crippen molar-refractivity contribution in [3.63, 3.8) is 0 Å². The highest BCUT2D eigenvalue weighted by Gasteiger charge is 2.20. The summed E-state index contributed by atoms with van der Waals surface area (Å²) >= 11 is 0. The topological polar surface area (TPSA) is 56.2 Å². The van der Waals surface area contributed by atoms with Crippen molar-refractivity contribution in [2.24, 2.45) is 0 Å². The minimum Gasteiger partial charge on any atom is -0.371 e. The molecule has 1 aromatic heterocycles. The van der Waals surface area contributed by atoms with Crippen molar-refractivity contribution >= 4 is 5.91 Å². The van der Waals surface area contributed by atoms with Crippen LogP contribution in [0.4, 0.5) is 0 Å². The van der Waals surface area contributed by atoms with Crippen molar-refractivity contribution in [3.05, 3.63) is 54.1 Å². The summed E-state index contributed by atoms with van der Waals surface area (Å²) in [7, 11) is 0. The molecule has 1 aliphatic heterocycles. The molecule has 0 unspecified atom stereocenters. The molecule has 0 radical (unpaired) electrons. The largest absolute Gasteiger partial charge is 0.371 e. The Labute approximate surface area is 117 Å². The van der Waals surface area contributed by atoms with Crippen LogP contribution in [0.15, 0.2) is 43.0 Å². The van der Waals surface area contributed by atoms with E-state index in [2.05, 4.69) is 22.4 Å². The molecular formula is C15H17N3O2. The molecule has 1 amide bonds. The number of fused-ring (bicyclic) bond motifs is 1. The maximum atomic E-state index is 11.8. The smallest absolute Gasteiger partial charge is 0.240 e. The predicted octanol–water partition coefficient (Wildman–Crippen LogP) is 1.31. The molecule has 104 valence electrons. The Bertz CT molecular complexity index is 581. The summed E-state index contributed by atoms with van der Waals surface area (Å²) in [6, 6.07) is 8.24. The number of hydrogen-bond donors (Lipinski definition) is 1. The van der Waals surface area contributed by atoms with Gasteiger partial charge in [-0.1, -0.05) is 24.3 Å². The zero-order chi connectivity index (χ0) is 13.8. The van der Waals surface area contributed by atoms with Gasteiger partial charge in [-0.25, -0.2) is 4.98 Å². The van der Waals surface area contributed by atoms with E-state index in [1.54, 1.807) is 23.3 Å². The summed E-state index contributed by atoms with van der Waals surface area (Å²) in [6.45, 7) is 1.50. The van der Waals surface area contributed by atoms with Crippen LogP contribution >= 0.6 is 0 Å². The molecule has 1 atom stereocenters. The second-order valence-electron chi connectivity index (χ2n) is 4.85. The van der Waals surface area contributed by atoms with Crippen LogP contribution in [0.3, 0.4) is 0 Å². The van der Waals surface area contributed by atoms with Gasteiger partial charge in [-0.3, -0.25) is 4.79 Å². The van der Waals surface area contributed by atoms with E-state index in [0.717, 1.165) is 6.42 Å². The first-order chi connectivity index (χ1) is 9.83.